The number of ether oxygens (including phenoxy) is 2. The molecule has 0 radical (unpaired) electrons. The maximum Gasteiger partial charge on any atom is 0.225 e. The summed E-state index contributed by atoms with van der Waals surface area (Å²) in [6.45, 7) is 1.85. The largest absolute Gasteiger partial charge is 0.493 e. The van der Waals surface area contributed by atoms with Crippen LogP contribution in [0.25, 0.3) is 0 Å². The van der Waals surface area contributed by atoms with Gasteiger partial charge in [-0.05, 0) is 41.8 Å². The average molecular weight is 394 g/mol. The van der Waals surface area contributed by atoms with E-state index in [9.17, 15) is 18.0 Å². The smallest absolute Gasteiger partial charge is 0.225 e. The molecule has 0 aromatic heterocycles. The monoisotopic (exact) mass is 394 g/mol. The summed E-state index contributed by atoms with van der Waals surface area (Å²) in [6, 6.07) is 5.67. The fourth-order valence-electron chi connectivity index (χ4n) is 3.23. The van der Waals surface area contributed by atoms with Crippen LogP contribution in [0.4, 0.5) is 18.9 Å². The highest BCUT2D eigenvalue weighted by molar-refractivity contribution is 5.90. The Kier molecular flexibility index (Phi) is 6.08. The van der Waals surface area contributed by atoms with E-state index in [1.54, 1.807) is 14.2 Å². The van der Waals surface area contributed by atoms with Crippen LogP contribution >= 0.6 is 0 Å². The van der Waals surface area contributed by atoms with E-state index in [-0.39, 0.29) is 12.1 Å². The van der Waals surface area contributed by atoms with Gasteiger partial charge in [0.2, 0.25) is 5.91 Å². The number of anilines is 1. The van der Waals surface area contributed by atoms with Gasteiger partial charge in [-0.1, -0.05) is 0 Å². The van der Waals surface area contributed by atoms with E-state index < -0.39 is 23.4 Å². The van der Waals surface area contributed by atoms with Gasteiger partial charge in [-0.15, -0.1) is 0 Å². The first-order chi connectivity index (χ1) is 13.4. The predicted molar refractivity (Wildman–Crippen MR) is 98.1 cm³/mol. The fourth-order valence-corrected chi connectivity index (χ4v) is 3.23. The molecule has 5 nitrogen and oxygen atoms in total. The van der Waals surface area contributed by atoms with Crippen LogP contribution in [0.15, 0.2) is 24.3 Å². The second-order valence-electron chi connectivity index (χ2n) is 6.52. The number of nitrogens with one attached hydrogen (secondary N) is 1. The Morgan fingerprint density at radius 3 is 2.43 bits per heavy atom. The normalized spacial score (nSPS) is 13.8. The van der Waals surface area contributed by atoms with E-state index >= 15 is 0 Å². The molecular weight excluding hydrogens is 373 g/mol. The van der Waals surface area contributed by atoms with Crippen LogP contribution in [-0.2, 0) is 17.8 Å². The zero-order chi connectivity index (χ0) is 20.3. The first-order valence-corrected chi connectivity index (χ1v) is 8.82. The van der Waals surface area contributed by atoms with Crippen molar-refractivity contribution in [1.82, 2.24) is 4.90 Å². The van der Waals surface area contributed by atoms with Crippen LogP contribution < -0.4 is 14.8 Å². The number of amides is 1. The molecule has 8 heteroatoms. The molecule has 1 N–H and O–H groups in total. The van der Waals surface area contributed by atoms with Crippen molar-refractivity contribution in [1.29, 1.82) is 0 Å². The number of carbonyl (C=O) groups excluding carboxylic acids is 1. The minimum absolute atomic E-state index is 0.0983. The number of hydrogen-bond donors (Lipinski definition) is 1. The number of methoxy groups -OCH3 is 2. The molecule has 0 saturated heterocycles. The third-order valence-corrected chi connectivity index (χ3v) is 4.76. The van der Waals surface area contributed by atoms with Gasteiger partial charge in [0.1, 0.15) is 0 Å². The number of carbonyl (C=O) groups is 1. The first-order valence-electron chi connectivity index (χ1n) is 8.82. The van der Waals surface area contributed by atoms with Crippen LogP contribution in [0.3, 0.4) is 0 Å². The predicted octanol–water partition coefficient (Wildman–Crippen LogP) is 3.51. The number of benzene rings is 2. The second kappa shape index (κ2) is 8.52. The minimum Gasteiger partial charge on any atom is -0.493 e. The lowest BCUT2D eigenvalue weighted by atomic mass is 9.98. The molecule has 2 aromatic rings. The van der Waals surface area contributed by atoms with Gasteiger partial charge in [0.05, 0.1) is 19.9 Å². The molecule has 0 unspecified atom stereocenters. The second-order valence-corrected chi connectivity index (χ2v) is 6.52. The van der Waals surface area contributed by atoms with Crippen LogP contribution in [0.5, 0.6) is 11.5 Å². The Hall–Kier alpha value is -2.74. The molecule has 28 heavy (non-hydrogen) atoms. The van der Waals surface area contributed by atoms with Gasteiger partial charge < -0.3 is 14.8 Å². The summed E-state index contributed by atoms with van der Waals surface area (Å²) in [5, 5.41) is 2.29. The quantitative estimate of drug-likeness (QED) is 0.762. The Labute approximate surface area is 161 Å². The summed E-state index contributed by atoms with van der Waals surface area (Å²) in [7, 11) is 3.17. The number of fused-ring (bicyclic) bond motifs is 1. The molecule has 0 aliphatic carbocycles. The fraction of sp³-hybridized carbons (Fsp3) is 0.350. The zero-order valence-corrected chi connectivity index (χ0v) is 15.7. The van der Waals surface area contributed by atoms with Crippen LogP contribution in [-0.4, -0.2) is 38.1 Å². The molecule has 3 rings (SSSR count). The van der Waals surface area contributed by atoms with Gasteiger partial charge >= 0.3 is 0 Å². The lowest BCUT2D eigenvalue weighted by molar-refractivity contribution is -0.116. The van der Waals surface area contributed by atoms with Gasteiger partial charge in [0.15, 0.2) is 29.0 Å². The lowest BCUT2D eigenvalue weighted by Gasteiger charge is -2.29. The molecule has 150 valence electrons. The van der Waals surface area contributed by atoms with Crippen LogP contribution in [0.2, 0.25) is 0 Å². The Morgan fingerprint density at radius 2 is 1.75 bits per heavy atom. The first kappa shape index (κ1) is 20.0. The van der Waals surface area contributed by atoms with Gasteiger partial charge in [0, 0.05) is 26.1 Å². The van der Waals surface area contributed by atoms with E-state index in [2.05, 4.69) is 10.2 Å². The average Bonchev–Trinajstić information content (AvgIpc) is 2.71. The third kappa shape index (κ3) is 4.22. The molecule has 1 amide bonds. The minimum atomic E-state index is -1.60. The highest BCUT2D eigenvalue weighted by Crippen LogP contribution is 2.33. The van der Waals surface area contributed by atoms with E-state index in [1.807, 2.05) is 12.1 Å². The van der Waals surface area contributed by atoms with Crippen LogP contribution in [0, 0.1) is 17.5 Å². The third-order valence-electron chi connectivity index (χ3n) is 4.76. The molecule has 1 aliphatic heterocycles. The Balaban J connectivity index is 1.59. The molecular formula is C20H21F3N2O3. The van der Waals surface area contributed by atoms with Gasteiger partial charge in [-0.2, -0.15) is 0 Å². The molecule has 1 heterocycles. The molecule has 0 spiro atoms. The lowest BCUT2D eigenvalue weighted by Crippen LogP contribution is -2.33. The number of rotatable bonds is 6. The van der Waals surface area contributed by atoms with Gasteiger partial charge in [0.25, 0.3) is 0 Å². The summed E-state index contributed by atoms with van der Waals surface area (Å²) in [5.41, 5.74) is 1.89. The maximum absolute atomic E-state index is 13.7. The zero-order valence-electron chi connectivity index (χ0n) is 15.7. The van der Waals surface area contributed by atoms with Crippen molar-refractivity contribution in [3.05, 3.63) is 52.8 Å². The maximum atomic E-state index is 13.7. The number of nitrogens with zero attached hydrogens (tertiary/aromatic N) is 1. The molecule has 1 aliphatic rings. The molecule has 2 aromatic carbocycles. The van der Waals surface area contributed by atoms with Crippen LogP contribution in [0.1, 0.15) is 17.5 Å². The summed E-state index contributed by atoms with van der Waals surface area (Å²) in [5.74, 6) is -3.44. The van der Waals surface area contributed by atoms with Gasteiger partial charge in [-0.25, -0.2) is 13.2 Å². The SMILES string of the molecule is COc1cc2c(cc1OC)CN(CCC(=O)Nc1ccc(F)c(F)c1F)CC2. The van der Waals surface area contributed by atoms with Crippen molar-refractivity contribution in [2.45, 2.75) is 19.4 Å². The summed E-state index contributed by atoms with van der Waals surface area (Å²) >= 11 is 0. The van der Waals surface area contributed by atoms with Crippen molar-refractivity contribution in [2.75, 3.05) is 32.6 Å². The standard InChI is InChI=1S/C20H21F3N2O3/c1-27-16-9-12-5-7-25(11-13(12)10-17(16)28-2)8-6-18(26)24-15-4-3-14(21)19(22)20(15)23/h3-4,9-10H,5-8,11H2,1-2H3,(H,24,26). The van der Waals surface area contributed by atoms with E-state index in [1.165, 1.54) is 5.56 Å². The molecule has 0 fully saturated rings. The molecule has 0 bridgehead atoms. The topological polar surface area (TPSA) is 50.8 Å². The summed E-state index contributed by atoms with van der Waals surface area (Å²) < 4.78 is 50.5. The van der Waals surface area contributed by atoms with Crippen molar-refractivity contribution < 1.29 is 27.4 Å². The van der Waals surface area contributed by atoms with Crippen molar-refractivity contribution >= 4 is 11.6 Å². The molecule has 0 saturated carbocycles. The van der Waals surface area contributed by atoms with Gasteiger partial charge in [-0.3, -0.25) is 9.69 Å². The Bertz CT molecular complexity index is 889. The summed E-state index contributed by atoms with van der Waals surface area (Å²) in [4.78, 5) is 14.2. The van der Waals surface area contributed by atoms with E-state index in [0.717, 1.165) is 30.7 Å². The van der Waals surface area contributed by atoms with Crippen molar-refractivity contribution in [3.8, 4) is 11.5 Å². The Morgan fingerprint density at radius 1 is 1.07 bits per heavy atom. The van der Waals surface area contributed by atoms with Crippen molar-refractivity contribution in [2.24, 2.45) is 0 Å². The highest BCUT2D eigenvalue weighted by atomic mass is 19.2. The highest BCUT2D eigenvalue weighted by Gasteiger charge is 2.20. The van der Waals surface area contributed by atoms with Crippen molar-refractivity contribution in [3.63, 3.8) is 0 Å². The van der Waals surface area contributed by atoms with E-state index in [0.29, 0.717) is 24.6 Å². The molecule has 0 atom stereocenters. The summed E-state index contributed by atoms with van der Waals surface area (Å²) in [6.07, 6.45) is 0.899. The number of hydrogen-bond acceptors (Lipinski definition) is 4. The van der Waals surface area contributed by atoms with E-state index in [4.69, 9.17) is 9.47 Å². The number of halogens is 3.